The molecule has 0 aromatic carbocycles. The van der Waals surface area contributed by atoms with Crippen LogP contribution < -0.4 is 10.2 Å². The Hall–Kier alpha value is -2.11. The van der Waals surface area contributed by atoms with Crippen molar-refractivity contribution in [3.63, 3.8) is 0 Å². The van der Waals surface area contributed by atoms with E-state index in [0.717, 1.165) is 30.4 Å². The second-order valence-corrected chi connectivity index (χ2v) is 5.19. The van der Waals surface area contributed by atoms with Crippen molar-refractivity contribution < 1.29 is 4.52 Å². The molecule has 0 atom stereocenters. The van der Waals surface area contributed by atoms with Crippen LogP contribution in [-0.4, -0.2) is 28.2 Å². The second-order valence-electron chi connectivity index (χ2n) is 5.19. The fraction of sp³-hybridized carbons (Fsp3) is 0.500. The average molecular weight is 273 g/mol. The first-order valence-electron chi connectivity index (χ1n) is 7.02. The Morgan fingerprint density at radius 2 is 1.90 bits per heavy atom. The lowest BCUT2D eigenvalue weighted by Gasteiger charge is -2.28. The van der Waals surface area contributed by atoms with Crippen LogP contribution >= 0.6 is 0 Å². The Balaban J connectivity index is 1.82. The maximum absolute atomic E-state index is 5.04. The maximum Gasteiger partial charge on any atom is 0.230 e. The Labute approximate surface area is 118 Å². The molecule has 1 aliphatic rings. The molecule has 0 amide bonds. The number of rotatable bonds is 3. The number of hydrogen-bond acceptors (Lipinski definition) is 6. The van der Waals surface area contributed by atoms with Crippen molar-refractivity contribution >= 4 is 17.6 Å². The number of aryl methyl sites for hydroxylation is 2. The molecule has 1 aliphatic heterocycles. The van der Waals surface area contributed by atoms with E-state index in [2.05, 4.69) is 25.3 Å². The zero-order chi connectivity index (χ0) is 13.9. The number of nitrogens with one attached hydrogen (secondary N) is 1. The number of hydrogen-bond donors (Lipinski definition) is 1. The lowest BCUT2D eigenvalue weighted by molar-refractivity contribution is 0.400. The third kappa shape index (κ3) is 2.89. The van der Waals surface area contributed by atoms with E-state index in [0.29, 0.717) is 11.8 Å². The molecule has 1 N–H and O–H groups in total. The molecule has 20 heavy (non-hydrogen) atoms. The zero-order valence-electron chi connectivity index (χ0n) is 11.9. The molecule has 0 aliphatic carbocycles. The van der Waals surface area contributed by atoms with Crippen LogP contribution in [0.1, 0.15) is 30.7 Å². The van der Waals surface area contributed by atoms with Gasteiger partial charge in [0.1, 0.15) is 11.6 Å². The smallest absolute Gasteiger partial charge is 0.230 e. The van der Waals surface area contributed by atoms with Gasteiger partial charge in [-0.3, -0.25) is 0 Å². The van der Waals surface area contributed by atoms with E-state index in [4.69, 9.17) is 4.52 Å². The predicted octanol–water partition coefficient (Wildman–Crippen LogP) is 2.82. The molecule has 2 aromatic heterocycles. The molecule has 0 spiro atoms. The molecular weight excluding hydrogens is 254 g/mol. The minimum Gasteiger partial charge on any atom is -0.360 e. The minimum absolute atomic E-state index is 0.568. The summed E-state index contributed by atoms with van der Waals surface area (Å²) in [5.41, 5.74) is 0.947. The molecule has 6 nitrogen and oxygen atoms in total. The van der Waals surface area contributed by atoms with E-state index in [1.165, 1.54) is 19.3 Å². The van der Waals surface area contributed by atoms with E-state index in [9.17, 15) is 0 Å². The van der Waals surface area contributed by atoms with Crippen LogP contribution in [0, 0.1) is 13.8 Å². The molecule has 1 fully saturated rings. The van der Waals surface area contributed by atoms with Gasteiger partial charge in [0.15, 0.2) is 5.82 Å². The van der Waals surface area contributed by atoms with Gasteiger partial charge in [-0.25, -0.2) is 4.98 Å². The van der Waals surface area contributed by atoms with Crippen molar-refractivity contribution in [1.82, 2.24) is 15.1 Å². The molecular formula is C14H19N5O. The molecule has 1 saturated heterocycles. The van der Waals surface area contributed by atoms with Gasteiger partial charge in [0, 0.05) is 30.9 Å². The molecule has 3 heterocycles. The Bertz CT molecular complexity index is 589. The highest BCUT2D eigenvalue weighted by Gasteiger charge is 2.14. The van der Waals surface area contributed by atoms with Gasteiger partial charge in [-0.1, -0.05) is 5.16 Å². The van der Waals surface area contributed by atoms with Crippen LogP contribution in [0.25, 0.3) is 0 Å². The monoisotopic (exact) mass is 273 g/mol. The molecule has 0 unspecified atom stereocenters. The van der Waals surface area contributed by atoms with E-state index < -0.39 is 0 Å². The molecule has 2 aromatic rings. The summed E-state index contributed by atoms with van der Waals surface area (Å²) in [5.74, 6) is 2.95. The maximum atomic E-state index is 5.04. The Kier molecular flexibility index (Phi) is 3.54. The molecule has 6 heteroatoms. The van der Waals surface area contributed by atoms with Crippen molar-refractivity contribution in [2.24, 2.45) is 0 Å². The predicted molar refractivity (Wildman–Crippen MR) is 77.4 cm³/mol. The third-order valence-electron chi connectivity index (χ3n) is 3.39. The summed E-state index contributed by atoms with van der Waals surface area (Å²) >= 11 is 0. The van der Waals surface area contributed by atoms with Gasteiger partial charge in [0.05, 0.1) is 0 Å². The van der Waals surface area contributed by atoms with E-state index in [1.807, 2.05) is 26.0 Å². The van der Waals surface area contributed by atoms with Crippen LogP contribution in [-0.2, 0) is 0 Å². The third-order valence-corrected chi connectivity index (χ3v) is 3.39. The first-order valence-corrected chi connectivity index (χ1v) is 7.02. The summed E-state index contributed by atoms with van der Waals surface area (Å²) in [6.07, 6.45) is 3.77. The van der Waals surface area contributed by atoms with Gasteiger partial charge in [0.25, 0.3) is 0 Å². The fourth-order valence-electron chi connectivity index (χ4n) is 2.43. The second kappa shape index (κ2) is 5.48. The molecule has 106 valence electrons. The van der Waals surface area contributed by atoms with E-state index in [-0.39, 0.29) is 0 Å². The first kappa shape index (κ1) is 12.9. The Morgan fingerprint density at radius 1 is 1.10 bits per heavy atom. The van der Waals surface area contributed by atoms with Gasteiger partial charge in [-0.15, -0.1) is 0 Å². The van der Waals surface area contributed by atoms with Crippen molar-refractivity contribution in [3.8, 4) is 0 Å². The first-order chi connectivity index (χ1) is 9.70. The van der Waals surface area contributed by atoms with Crippen molar-refractivity contribution in [2.45, 2.75) is 33.1 Å². The van der Waals surface area contributed by atoms with Crippen molar-refractivity contribution in [2.75, 3.05) is 23.3 Å². The normalized spacial score (nSPS) is 15.4. The zero-order valence-corrected chi connectivity index (χ0v) is 11.9. The quantitative estimate of drug-likeness (QED) is 0.927. The lowest BCUT2D eigenvalue weighted by Crippen LogP contribution is -2.30. The van der Waals surface area contributed by atoms with Crippen LogP contribution in [0.2, 0.25) is 0 Å². The summed E-state index contributed by atoms with van der Waals surface area (Å²) in [5, 5.41) is 6.99. The number of anilines is 3. The highest BCUT2D eigenvalue weighted by Crippen LogP contribution is 2.21. The van der Waals surface area contributed by atoms with Crippen LogP contribution in [0.3, 0.4) is 0 Å². The number of nitrogens with zero attached hydrogens (tertiary/aromatic N) is 4. The fourth-order valence-corrected chi connectivity index (χ4v) is 2.43. The van der Waals surface area contributed by atoms with Crippen molar-refractivity contribution in [3.05, 3.63) is 23.6 Å². The topological polar surface area (TPSA) is 67.1 Å². The van der Waals surface area contributed by atoms with E-state index in [1.54, 1.807) is 0 Å². The largest absolute Gasteiger partial charge is 0.360 e. The van der Waals surface area contributed by atoms with Crippen LogP contribution in [0.15, 0.2) is 16.7 Å². The lowest BCUT2D eigenvalue weighted by atomic mass is 10.1. The van der Waals surface area contributed by atoms with Gasteiger partial charge < -0.3 is 14.7 Å². The summed E-state index contributed by atoms with van der Waals surface area (Å²) in [6.45, 7) is 5.97. The minimum atomic E-state index is 0.568. The number of aromatic nitrogens is 3. The van der Waals surface area contributed by atoms with E-state index >= 15 is 0 Å². The summed E-state index contributed by atoms with van der Waals surface area (Å²) in [6, 6.07) is 3.86. The molecule has 0 bridgehead atoms. The van der Waals surface area contributed by atoms with Gasteiger partial charge >= 0.3 is 0 Å². The Morgan fingerprint density at radius 3 is 2.60 bits per heavy atom. The van der Waals surface area contributed by atoms with Crippen molar-refractivity contribution in [1.29, 1.82) is 0 Å². The summed E-state index contributed by atoms with van der Waals surface area (Å²) in [7, 11) is 0. The highest BCUT2D eigenvalue weighted by molar-refractivity contribution is 5.52. The van der Waals surface area contributed by atoms with Gasteiger partial charge in [-0.2, -0.15) is 4.98 Å². The molecule has 0 radical (unpaired) electrons. The SMILES string of the molecule is Cc1cc(N2CCCCC2)nc(Nc2cc(C)on2)n1. The van der Waals surface area contributed by atoms with Gasteiger partial charge in [-0.05, 0) is 33.1 Å². The molecule has 0 saturated carbocycles. The summed E-state index contributed by atoms with van der Waals surface area (Å²) < 4.78 is 5.04. The van der Waals surface area contributed by atoms with Crippen LogP contribution in [0.4, 0.5) is 17.6 Å². The standard InChI is InChI=1S/C14H19N5O/c1-10-8-13(19-6-4-3-5-7-19)17-14(15-10)16-12-9-11(2)20-18-12/h8-9H,3-7H2,1-2H3,(H,15,16,17,18). The number of piperidine rings is 1. The summed E-state index contributed by atoms with van der Waals surface area (Å²) in [4.78, 5) is 11.3. The van der Waals surface area contributed by atoms with Crippen LogP contribution in [0.5, 0.6) is 0 Å². The average Bonchev–Trinajstić information content (AvgIpc) is 2.84. The van der Waals surface area contributed by atoms with Gasteiger partial charge in [0.2, 0.25) is 5.95 Å². The highest BCUT2D eigenvalue weighted by atomic mass is 16.5. The molecule has 3 rings (SSSR count).